The second-order valence-electron chi connectivity index (χ2n) is 4.21. The Labute approximate surface area is 106 Å². The van der Waals surface area contributed by atoms with Crippen LogP contribution in [0.3, 0.4) is 0 Å². The fraction of sp³-hybridized carbons (Fsp3) is 0.250. The summed E-state index contributed by atoms with van der Waals surface area (Å²) in [6.45, 7) is 1.70. The molecule has 0 amide bonds. The summed E-state index contributed by atoms with van der Waals surface area (Å²) in [6, 6.07) is 2.35. The Kier molecular flexibility index (Phi) is 2.41. The smallest absolute Gasteiger partial charge is 0.328 e. The fourth-order valence-corrected chi connectivity index (χ4v) is 2.19. The summed E-state index contributed by atoms with van der Waals surface area (Å²) in [5.74, 6) is -1.07. The third kappa shape index (κ3) is 1.55. The number of hydrogen-bond donors (Lipinski definition) is 1. The number of carboxylic acids is 1. The van der Waals surface area contributed by atoms with Crippen molar-refractivity contribution in [3.05, 3.63) is 35.1 Å². The van der Waals surface area contributed by atoms with Crippen LogP contribution in [0.25, 0.3) is 16.6 Å². The van der Waals surface area contributed by atoms with E-state index in [0.717, 1.165) is 10.2 Å². The van der Waals surface area contributed by atoms with Gasteiger partial charge in [-0.2, -0.15) is 5.10 Å². The minimum atomic E-state index is -1.07. The van der Waals surface area contributed by atoms with Crippen molar-refractivity contribution >= 4 is 22.6 Å². The van der Waals surface area contributed by atoms with E-state index in [1.165, 1.54) is 12.6 Å². The number of rotatable bonds is 3. The summed E-state index contributed by atoms with van der Waals surface area (Å²) < 4.78 is 7.81. The first-order valence-electron chi connectivity index (χ1n) is 5.82. The Hall–Kier alpha value is -2.57. The van der Waals surface area contributed by atoms with Crippen LogP contribution >= 0.6 is 0 Å². The second kappa shape index (κ2) is 3.98. The zero-order valence-corrected chi connectivity index (χ0v) is 10.1. The lowest BCUT2D eigenvalue weighted by Gasteiger charge is -2.11. The highest BCUT2D eigenvalue weighted by atomic mass is 16.4. The molecule has 0 radical (unpaired) electrons. The monoisotopic (exact) mass is 261 g/mol. The van der Waals surface area contributed by atoms with Gasteiger partial charge in [0.1, 0.15) is 11.8 Å². The van der Waals surface area contributed by atoms with Crippen molar-refractivity contribution in [2.45, 2.75) is 19.4 Å². The van der Waals surface area contributed by atoms with Crippen LogP contribution in [-0.2, 0) is 4.79 Å². The zero-order valence-electron chi connectivity index (χ0n) is 10.1. The van der Waals surface area contributed by atoms with Crippen LogP contribution in [-0.4, -0.2) is 25.3 Å². The molecule has 3 aromatic rings. The summed E-state index contributed by atoms with van der Waals surface area (Å²) >= 11 is 0. The van der Waals surface area contributed by atoms with Gasteiger partial charge in [0.15, 0.2) is 11.6 Å². The summed E-state index contributed by atoms with van der Waals surface area (Å²) in [5, 5.41) is 13.0. The molecular formula is C12H11N3O4. The molecule has 98 valence electrons. The number of carbonyl (C=O) groups is 1. The van der Waals surface area contributed by atoms with Crippen LogP contribution in [0.1, 0.15) is 19.4 Å². The van der Waals surface area contributed by atoms with Crippen LogP contribution in [0.15, 0.2) is 33.9 Å². The number of carboxylic acid groups (broad SMARTS) is 1. The molecule has 0 bridgehead atoms. The van der Waals surface area contributed by atoms with Crippen molar-refractivity contribution in [2.24, 2.45) is 0 Å². The third-order valence-corrected chi connectivity index (χ3v) is 3.15. The molecule has 3 rings (SSSR count). The first-order chi connectivity index (χ1) is 9.13. The molecule has 0 aromatic carbocycles. The van der Waals surface area contributed by atoms with Gasteiger partial charge in [-0.3, -0.25) is 9.20 Å². The van der Waals surface area contributed by atoms with Crippen molar-refractivity contribution in [3.63, 3.8) is 0 Å². The van der Waals surface area contributed by atoms with E-state index in [0.29, 0.717) is 11.1 Å². The van der Waals surface area contributed by atoms with Gasteiger partial charge in [0.2, 0.25) is 0 Å². The van der Waals surface area contributed by atoms with Gasteiger partial charge in [0.25, 0.3) is 5.56 Å². The van der Waals surface area contributed by atoms with E-state index in [2.05, 4.69) is 5.10 Å². The van der Waals surface area contributed by atoms with E-state index in [9.17, 15) is 9.59 Å². The van der Waals surface area contributed by atoms with Crippen molar-refractivity contribution in [1.82, 2.24) is 14.2 Å². The maximum atomic E-state index is 12.3. The lowest BCUT2D eigenvalue weighted by atomic mass is 10.2. The van der Waals surface area contributed by atoms with E-state index in [1.807, 2.05) is 0 Å². The molecule has 0 aliphatic rings. The van der Waals surface area contributed by atoms with Gasteiger partial charge < -0.3 is 9.52 Å². The molecular weight excluding hydrogens is 250 g/mol. The Bertz CT molecular complexity index is 826. The molecule has 0 aliphatic carbocycles. The van der Waals surface area contributed by atoms with Gasteiger partial charge in [-0.15, -0.1) is 0 Å². The van der Waals surface area contributed by atoms with E-state index in [-0.39, 0.29) is 6.42 Å². The Balaban J connectivity index is 2.31. The fourth-order valence-electron chi connectivity index (χ4n) is 2.19. The molecule has 1 N–H and O–H groups in total. The maximum absolute atomic E-state index is 12.3. The van der Waals surface area contributed by atoms with Gasteiger partial charge in [-0.25, -0.2) is 9.48 Å². The average Bonchev–Trinajstić information content (AvgIpc) is 2.93. The molecule has 3 aromatic heterocycles. The Morgan fingerprint density at radius 2 is 2.32 bits per heavy atom. The molecule has 0 aliphatic heterocycles. The van der Waals surface area contributed by atoms with Crippen molar-refractivity contribution in [3.8, 4) is 0 Å². The largest absolute Gasteiger partial charge is 0.480 e. The normalized spacial score (nSPS) is 13.1. The summed E-state index contributed by atoms with van der Waals surface area (Å²) in [6.07, 6.45) is 3.24. The average molecular weight is 261 g/mol. The number of aromatic nitrogens is 3. The van der Waals surface area contributed by atoms with Gasteiger partial charge >= 0.3 is 5.97 Å². The highest BCUT2D eigenvalue weighted by Crippen LogP contribution is 2.19. The predicted molar refractivity (Wildman–Crippen MR) is 66.2 cm³/mol. The number of furan rings is 1. The van der Waals surface area contributed by atoms with Crippen LogP contribution in [0.2, 0.25) is 0 Å². The first-order valence-corrected chi connectivity index (χ1v) is 5.82. The molecule has 0 spiro atoms. The lowest BCUT2D eigenvalue weighted by molar-refractivity contribution is -0.141. The standard InChI is InChI=1S/C12H11N3O4/c1-2-7(12(17)18)15-11(16)9-5-10-8(3-4-19-10)14(9)6-13-15/h3-7H,2H2,1H3,(H,17,18). The molecule has 0 saturated heterocycles. The van der Waals surface area contributed by atoms with Crippen LogP contribution in [0.5, 0.6) is 0 Å². The van der Waals surface area contributed by atoms with E-state index >= 15 is 0 Å². The predicted octanol–water partition coefficient (Wildman–Crippen LogP) is 1.28. The quantitative estimate of drug-likeness (QED) is 0.767. The highest BCUT2D eigenvalue weighted by Gasteiger charge is 2.21. The molecule has 0 fully saturated rings. The van der Waals surface area contributed by atoms with E-state index < -0.39 is 17.6 Å². The molecule has 19 heavy (non-hydrogen) atoms. The van der Waals surface area contributed by atoms with Crippen molar-refractivity contribution < 1.29 is 14.3 Å². The Morgan fingerprint density at radius 3 is 3.00 bits per heavy atom. The summed E-state index contributed by atoms with van der Waals surface area (Å²) in [5.41, 5.74) is 1.21. The van der Waals surface area contributed by atoms with Gasteiger partial charge in [0, 0.05) is 12.1 Å². The second-order valence-corrected chi connectivity index (χ2v) is 4.21. The maximum Gasteiger partial charge on any atom is 0.328 e. The SMILES string of the molecule is CCC(C(=O)O)n1ncn2c(cc3occc32)c1=O. The number of hydrogen-bond acceptors (Lipinski definition) is 4. The first kappa shape index (κ1) is 11.5. The van der Waals surface area contributed by atoms with Gasteiger partial charge in [-0.05, 0) is 6.42 Å². The minimum Gasteiger partial charge on any atom is -0.480 e. The number of nitrogens with zero attached hydrogens (tertiary/aromatic N) is 3. The summed E-state index contributed by atoms with van der Waals surface area (Å²) in [7, 11) is 0. The van der Waals surface area contributed by atoms with E-state index in [1.54, 1.807) is 23.5 Å². The summed E-state index contributed by atoms with van der Waals surface area (Å²) in [4.78, 5) is 23.4. The Morgan fingerprint density at radius 1 is 1.53 bits per heavy atom. The van der Waals surface area contributed by atoms with Crippen LogP contribution in [0, 0.1) is 0 Å². The zero-order chi connectivity index (χ0) is 13.6. The van der Waals surface area contributed by atoms with Gasteiger partial charge in [0.05, 0.1) is 11.8 Å². The van der Waals surface area contributed by atoms with Crippen molar-refractivity contribution in [1.29, 1.82) is 0 Å². The minimum absolute atomic E-state index is 0.287. The van der Waals surface area contributed by atoms with E-state index in [4.69, 9.17) is 9.52 Å². The van der Waals surface area contributed by atoms with Crippen molar-refractivity contribution in [2.75, 3.05) is 0 Å². The lowest BCUT2D eigenvalue weighted by Crippen LogP contribution is -2.32. The number of aliphatic carboxylic acids is 1. The molecule has 7 nitrogen and oxygen atoms in total. The topological polar surface area (TPSA) is 89.7 Å². The van der Waals surface area contributed by atoms with Crippen LogP contribution in [0.4, 0.5) is 0 Å². The number of fused-ring (bicyclic) bond motifs is 3. The molecule has 1 unspecified atom stereocenters. The molecule has 0 saturated carbocycles. The molecule has 1 atom stereocenters. The van der Waals surface area contributed by atoms with Gasteiger partial charge in [-0.1, -0.05) is 6.92 Å². The molecule has 3 heterocycles. The third-order valence-electron chi connectivity index (χ3n) is 3.15. The van der Waals surface area contributed by atoms with Crippen LogP contribution < -0.4 is 5.56 Å². The highest BCUT2D eigenvalue weighted by molar-refractivity contribution is 5.82. The molecule has 7 heteroatoms.